The Balaban J connectivity index is 0.740. The Morgan fingerprint density at radius 2 is 0.717 bits per heavy atom. The lowest BCUT2D eigenvalue weighted by atomic mass is 9.91. The number of anilines is 6. The van der Waals surface area contributed by atoms with Gasteiger partial charge in [0.2, 0.25) is 0 Å². The quantitative estimate of drug-likeness (QED) is 0.121. The van der Waals surface area contributed by atoms with E-state index in [1.807, 2.05) is 29.9 Å². The van der Waals surface area contributed by atoms with Crippen LogP contribution in [0.1, 0.15) is 0 Å². The molecule has 0 radical (unpaired) electrons. The smallest absolute Gasteiger partial charge is 0.125 e. The maximum Gasteiger partial charge on any atom is 0.125 e. The highest BCUT2D eigenvalue weighted by atomic mass is 32.1. The first-order chi connectivity index (χ1) is 45.6. The van der Waals surface area contributed by atoms with Crippen molar-refractivity contribution in [2.24, 2.45) is 0 Å². The first kappa shape index (κ1) is 53.5. The molecular formula is C86H54N4S2. The van der Waals surface area contributed by atoms with E-state index in [0.29, 0.717) is 0 Å². The summed E-state index contributed by atoms with van der Waals surface area (Å²) in [7, 11) is 0. The van der Waals surface area contributed by atoms with E-state index in [1.54, 1.807) is 11.3 Å². The minimum atomic E-state index is 1.00. The molecule has 0 N–H and O–H groups in total. The summed E-state index contributed by atoms with van der Waals surface area (Å²) in [6.07, 6.45) is 6.02. The molecule has 0 aliphatic rings. The highest BCUT2D eigenvalue weighted by Crippen LogP contribution is 2.50. The summed E-state index contributed by atoms with van der Waals surface area (Å²) in [6, 6.07) is 113. The topological polar surface area (TPSA) is 32.3 Å². The summed E-state index contributed by atoms with van der Waals surface area (Å²) in [6.45, 7) is 0. The van der Waals surface area contributed by atoms with Gasteiger partial charge in [-0.2, -0.15) is 0 Å². The van der Waals surface area contributed by atoms with Gasteiger partial charge in [0, 0.05) is 61.4 Å². The van der Waals surface area contributed by atoms with Gasteiger partial charge in [-0.25, -0.2) is 4.98 Å². The molecule has 6 heteroatoms. The summed E-state index contributed by atoms with van der Waals surface area (Å²) in [4.78, 5) is 15.8. The fourth-order valence-electron chi connectivity index (χ4n) is 14.0. The van der Waals surface area contributed by atoms with Gasteiger partial charge in [0.15, 0.2) is 0 Å². The monoisotopic (exact) mass is 1210 g/mol. The van der Waals surface area contributed by atoms with Crippen LogP contribution in [0.15, 0.2) is 328 Å². The molecule has 0 fully saturated rings. The second-order valence-electron chi connectivity index (χ2n) is 23.6. The summed E-state index contributed by atoms with van der Waals surface area (Å²) in [5.74, 6) is 0. The minimum absolute atomic E-state index is 1.00. The van der Waals surface area contributed by atoms with Crippen LogP contribution >= 0.6 is 22.7 Å². The van der Waals surface area contributed by atoms with E-state index >= 15 is 0 Å². The number of fused-ring (bicyclic) bond motifs is 12. The number of benzene rings is 14. The van der Waals surface area contributed by atoms with Crippen molar-refractivity contribution in [3.8, 4) is 55.6 Å². The van der Waals surface area contributed by atoms with Crippen molar-refractivity contribution in [1.29, 1.82) is 0 Å². The molecule has 4 heterocycles. The Bertz CT molecular complexity index is 5860. The summed E-state index contributed by atoms with van der Waals surface area (Å²) < 4.78 is 3.63. The average molecular weight is 1210 g/mol. The van der Waals surface area contributed by atoms with E-state index in [4.69, 9.17) is 9.97 Å². The van der Waals surface area contributed by atoms with Gasteiger partial charge in [-0.05, 0) is 184 Å². The fourth-order valence-corrected chi connectivity index (χ4v) is 16.4. The highest BCUT2D eigenvalue weighted by molar-refractivity contribution is 7.26. The van der Waals surface area contributed by atoms with Crippen LogP contribution in [0.4, 0.5) is 34.1 Å². The fraction of sp³-hybridized carbons (Fsp3) is 0. The normalized spacial score (nSPS) is 11.7. The van der Waals surface area contributed by atoms with Crippen LogP contribution in [-0.4, -0.2) is 9.97 Å². The second-order valence-corrected chi connectivity index (χ2v) is 25.7. The van der Waals surface area contributed by atoms with Crippen LogP contribution in [0.2, 0.25) is 0 Å². The third-order valence-corrected chi connectivity index (χ3v) is 20.7. The van der Waals surface area contributed by atoms with Crippen LogP contribution in [0.5, 0.6) is 0 Å². The van der Waals surface area contributed by atoms with Crippen molar-refractivity contribution in [2.45, 2.75) is 0 Å². The Hall–Kier alpha value is -11.5. The Morgan fingerprint density at radius 1 is 0.261 bits per heavy atom. The molecule has 4 aromatic heterocycles. The molecule has 18 rings (SSSR count). The van der Waals surface area contributed by atoms with Gasteiger partial charge in [0.1, 0.15) is 4.83 Å². The highest BCUT2D eigenvalue weighted by Gasteiger charge is 2.23. The summed E-state index contributed by atoms with van der Waals surface area (Å²) in [5.41, 5.74) is 18.2. The molecule has 0 spiro atoms. The molecule has 430 valence electrons. The van der Waals surface area contributed by atoms with Gasteiger partial charge in [-0.3, -0.25) is 4.98 Å². The van der Waals surface area contributed by atoms with Crippen molar-refractivity contribution in [3.05, 3.63) is 328 Å². The van der Waals surface area contributed by atoms with Crippen LogP contribution in [-0.2, 0) is 0 Å². The molecule has 18 aromatic rings. The number of pyridine rings is 2. The third kappa shape index (κ3) is 9.10. The Kier molecular flexibility index (Phi) is 12.9. The van der Waals surface area contributed by atoms with Crippen LogP contribution in [0.25, 0.3) is 139 Å². The zero-order chi connectivity index (χ0) is 60.6. The molecule has 0 unspecified atom stereocenters. The van der Waals surface area contributed by atoms with E-state index < -0.39 is 0 Å². The predicted molar refractivity (Wildman–Crippen MR) is 394 cm³/mol. The lowest BCUT2D eigenvalue weighted by Gasteiger charge is -2.26. The van der Waals surface area contributed by atoms with Gasteiger partial charge in [-0.15, -0.1) is 22.7 Å². The first-order valence-corrected chi connectivity index (χ1v) is 32.8. The molecule has 92 heavy (non-hydrogen) atoms. The number of hydrogen-bond acceptors (Lipinski definition) is 6. The summed E-state index contributed by atoms with van der Waals surface area (Å²) in [5, 5.41) is 14.6. The minimum Gasteiger partial charge on any atom is -0.309 e. The third-order valence-electron chi connectivity index (χ3n) is 18.4. The molecule has 0 saturated carbocycles. The van der Waals surface area contributed by atoms with Crippen molar-refractivity contribution < 1.29 is 0 Å². The van der Waals surface area contributed by atoms with Gasteiger partial charge in [-0.1, -0.05) is 224 Å². The molecular weight excluding hydrogens is 1150 g/mol. The van der Waals surface area contributed by atoms with E-state index in [9.17, 15) is 0 Å². The maximum atomic E-state index is 5.14. The number of nitrogens with zero attached hydrogens (tertiary/aromatic N) is 4. The van der Waals surface area contributed by atoms with Gasteiger partial charge >= 0.3 is 0 Å². The molecule has 0 aliphatic heterocycles. The maximum absolute atomic E-state index is 5.14. The molecule has 0 atom stereocenters. The zero-order valence-electron chi connectivity index (χ0n) is 49.8. The number of hydrogen-bond donors (Lipinski definition) is 0. The Morgan fingerprint density at radius 3 is 1.33 bits per heavy atom. The lowest BCUT2D eigenvalue weighted by Crippen LogP contribution is -2.10. The molecule has 14 aromatic carbocycles. The molecule has 4 nitrogen and oxygen atoms in total. The molecule has 0 saturated heterocycles. The number of rotatable bonds is 11. The van der Waals surface area contributed by atoms with Crippen molar-refractivity contribution in [2.75, 3.05) is 9.80 Å². The van der Waals surface area contributed by atoms with Gasteiger partial charge in [0.25, 0.3) is 0 Å². The van der Waals surface area contributed by atoms with E-state index in [1.165, 1.54) is 107 Å². The van der Waals surface area contributed by atoms with Crippen LogP contribution < -0.4 is 9.80 Å². The zero-order valence-corrected chi connectivity index (χ0v) is 51.4. The van der Waals surface area contributed by atoms with Crippen molar-refractivity contribution in [3.63, 3.8) is 0 Å². The van der Waals surface area contributed by atoms with Gasteiger partial charge in [0.05, 0.1) is 27.0 Å². The van der Waals surface area contributed by atoms with Crippen LogP contribution in [0, 0.1) is 0 Å². The number of aromatic nitrogens is 2. The SMILES string of the molecule is c1ccc(-c2ccc(N(c3ccc(-c4cc5cc(-c6ccnc7sc8c(N(c9ccc(-c%10ccccc%10)cc9)c9ccc(-c%10cc%11ccccc%11c%11ccccc%10%11)cc9)cccc8c67)ccc5c5ccccc45)cc3)c3cncc4c3sc3ccccc34)cc2)cc1. The standard InChI is InChI=1S/C86H54N4S2/c1-3-16-55(17-4-1)57-30-39-64(40-31-57)89(65-43-34-59(35-44-65)77-51-61-20-7-8-21-68(61)71-22-9-11-24-73(71)77)80-28-15-27-76-83-70(48-49-88-86(83)92-84(76)80)62-38-47-69-63(50-62)52-78(74-25-12-10-23-72(69)74)60-36-45-67(46-37-60)90(66-41-32-58(33-42-66)56-18-5-2-6-19-56)81-54-87-53-79-75-26-13-14-29-82(75)91-85(79)81/h1-54H. The van der Waals surface area contributed by atoms with E-state index in [2.05, 4.69) is 319 Å². The lowest BCUT2D eigenvalue weighted by molar-refractivity contribution is 1.26. The van der Waals surface area contributed by atoms with Crippen molar-refractivity contribution in [1.82, 2.24) is 9.97 Å². The summed E-state index contributed by atoms with van der Waals surface area (Å²) >= 11 is 3.59. The molecule has 0 bridgehead atoms. The predicted octanol–water partition coefficient (Wildman–Crippen LogP) is 25.1. The van der Waals surface area contributed by atoms with E-state index in [-0.39, 0.29) is 0 Å². The molecule has 0 amide bonds. The Labute approximate surface area is 540 Å². The molecule has 0 aliphatic carbocycles. The largest absolute Gasteiger partial charge is 0.309 e. The number of thiophene rings is 2. The first-order valence-electron chi connectivity index (χ1n) is 31.2. The van der Waals surface area contributed by atoms with Gasteiger partial charge < -0.3 is 9.80 Å². The van der Waals surface area contributed by atoms with Crippen LogP contribution in [0.3, 0.4) is 0 Å². The average Bonchev–Trinajstić information content (AvgIpc) is 1.42. The second kappa shape index (κ2) is 22.2. The van der Waals surface area contributed by atoms with E-state index in [0.717, 1.165) is 66.4 Å². The van der Waals surface area contributed by atoms with Crippen molar-refractivity contribution >= 4 is 140 Å².